The molecule has 2 heterocycles. The molecule has 4 rings (SSSR count). The largest absolute Gasteiger partial charge is 0.361 e. The van der Waals surface area contributed by atoms with Gasteiger partial charge in [0.25, 0.3) is 0 Å². The van der Waals surface area contributed by atoms with Crippen LogP contribution in [-0.4, -0.2) is 28.4 Å². The summed E-state index contributed by atoms with van der Waals surface area (Å²) < 4.78 is 13.3. The van der Waals surface area contributed by atoms with E-state index in [-0.39, 0.29) is 5.82 Å². The van der Waals surface area contributed by atoms with Gasteiger partial charge in [-0.05, 0) is 61.8 Å². The Morgan fingerprint density at radius 1 is 1.21 bits per heavy atom. The molecule has 1 amide bonds. The minimum Gasteiger partial charge on any atom is -0.361 e. The van der Waals surface area contributed by atoms with Crippen LogP contribution in [0.5, 0.6) is 0 Å². The number of amides is 1. The van der Waals surface area contributed by atoms with Crippen molar-refractivity contribution in [2.24, 2.45) is 5.92 Å². The zero-order valence-corrected chi connectivity index (χ0v) is 14.1. The molecule has 1 saturated heterocycles. The second kappa shape index (κ2) is 6.58. The summed E-state index contributed by atoms with van der Waals surface area (Å²) in [5.74, 6) is 0.791. The van der Waals surface area contributed by atoms with Crippen molar-refractivity contribution in [2.45, 2.75) is 57.4 Å². The molecule has 0 spiro atoms. The van der Waals surface area contributed by atoms with E-state index in [9.17, 15) is 9.18 Å². The summed E-state index contributed by atoms with van der Waals surface area (Å²) in [5.41, 5.74) is 1.92. The highest BCUT2D eigenvalue weighted by atomic mass is 19.1. The number of halogens is 1. The van der Waals surface area contributed by atoms with Crippen molar-refractivity contribution in [2.75, 3.05) is 6.54 Å². The number of aromatic amines is 1. The molecule has 1 aliphatic heterocycles. The summed E-state index contributed by atoms with van der Waals surface area (Å²) in [6, 6.07) is 5.28. The predicted molar refractivity (Wildman–Crippen MR) is 93.3 cm³/mol. The first-order valence-electron chi connectivity index (χ1n) is 9.27. The third-order valence-corrected chi connectivity index (χ3v) is 5.90. The zero-order valence-electron chi connectivity index (χ0n) is 14.1. The molecule has 128 valence electrons. The number of nitrogens with zero attached hydrogens (tertiary/aromatic N) is 1. The van der Waals surface area contributed by atoms with E-state index in [1.807, 2.05) is 6.20 Å². The van der Waals surface area contributed by atoms with Crippen LogP contribution in [0, 0.1) is 11.7 Å². The van der Waals surface area contributed by atoms with Crippen LogP contribution in [0.3, 0.4) is 0 Å². The number of benzene rings is 1. The number of likely N-dealkylation sites (tertiary alicyclic amines) is 1. The first-order chi connectivity index (χ1) is 11.7. The van der Waals surface area contributed by atoms with E-state index in [4.69, 9.17) is 0 Å². The van der Waals surface area contributed by atoms with Gasteiger partial charge in [-0.3, -0.25) is 4.79 Å². The summed E-state index contributed by atoms with van der Waals surface area (Å²) in [5, 5.41) is 1.03. The van der Waals surface area contributed by atoms with Gasteiger partial charge in [0.1, 0.15) is 5.82 Å². The maximum atomic E-state index is 13.3. The number of hydrogen-bond acceptors (Lipinski definition) is 1. The Kier molecular flexibility index (Phi) is 4.30. The van der Waals surface area contributed by atoms with Gasteiger partial charge in [0.15, 0.2) is 0 Å². The van der Waals surface area contributed by atoms with E-state index >= 15 is 0 Å². The Labute approximate surface area is 142 Å². The number of aryl methyl sites for hydroxylation is 1. The summed E-state index contributed by atoms with van der Waals surface area (Å²) in [6.07, 6.45) is 10.7. The zero-order chi connectivity index (χ0) is 16.5. The highest BCUT2D eigenvalue weighted by molar-refractivity contribution is 5.84. The van der Waals surface area contributed by atoms with Gasteiger partial charge < -0.3 is 9.88 Å². The van der Waals surface area contributed by atoms with Gasteiger partial charge in [0.2, 0.25) is 5.91 Å². The Hall–Kier alpha value is -1.84. The van der Waals surface area contributed by atoms with Crippen LogP contribution in [-0.2, 0) is 11.2 Å². The van der Waals surface area contributed by atoms with E-state index in [0.717, 1.165) is 41.8 Å². The van der Waals surface area contributed by atoms with Gasteiger partial charge in [0.05, 0.1) is 0 Å². The minimum atomic E-state index is -0.233. The van der Waals surface area contributed by atoms with E-state index < -0.39 is 0 Å². The molecule has 2 aliphatic rings. The number of carbonyl (C=O) groups is 1. The Morgan fingerprint density at radius 3 is 2.96 bits per heavy atom. The molecule has 1 aromatic carbocycles. The van der Waals surface area contributed by atoms with E-state index in [2.05, 4.69) is 9.88 Å². The fraction of sp³-hybridized carbons (Fsp3) is 0.550. The average molecular weight is 328 g/mol. The van der Waals surface area contributed by atoms with E-state index in [1.165, 1.54) is 44.2 Å². The lowest BCUT2D eigenvalue weighted by atomic mass is 9.78. The Balaban J connectivity index is 1.43. The SMILES string of the molecule is O=C(CCc1c[nH]c2cc(F)ccc12)N1CCCC2CCCCC21. The summed E-state index contributed by atoms with van der Waals surface area (Å²) in [4.78, 5) is 18.1. The molecule has 0 radical (unpaired) electrons. The monoisotopic (exact) mass is 328 g/mol. The molecule has 2 unspecified atom stereocenters. The fourth-order valence-electron chi connectivity index (χ4n) is 4.68. The van der Waals surface area contributed by atoms with Crippen molar-refractivity contribution in [3.63, 3.8) is 0 Å². The number of carbonyl (C=O) groups excluding carboxylic acids is 1. The van der Waals surface area contributed by atoms with Gasteiger partial charge >= 0.3 is 0 Å². The first kappa shape index (κ1) is 15.7. The third kappa shape index (κ3) is 2.94. The fourth-order valence-corrected chi connectivity index (χ4v) is 4.68. The number of piperidine rings is 1. The molecule has 2 atom stereocenters. The lowest BCUT2D eigenvalue weighted by Gasteiger charge is -2.44. The molecule has 1 saturated carbocycles. The molecule has 2 fully saturated rings. The maximum Gasteiger partial charge on any atom is 0.223 e. The van der Waals surface area contributed by atoms with Crippen molar-refractivity contribution >= 4 is 16.8 Å². The van der Waals surface area contributed by atoms with Crippen molar-refractivity contribution in [3.8, 4) is 0 Å². The van der Waals surface area contributed by atoms with Gasteiger partial charge in [0, 0.05) is 36.1 Å². The number of hydrogen-bond donors (Lipinski definition) is 1. The predicted octanol–water partition coefficient (Wildman–Crippen LogP) is 4.42. The lowest BCUT2D eigenvalue weighted by Crippen LogP contribution is -2.49. The van der Waals surface area contributed by atoms with Crippen LogP contribution in [0.1, 0.15) is 50.5 Å². The molecule has 2 aromatic rings. The summed E-state index contributed by atoms with van der Waals surface area (Å²) in [6.45, 7) is 0.930. The number of aromatic nitrogens is 1. The van der Waals surface area contributed by atoms with Crippen LogP contribution in [0.15, 0.2) is 24.4 Å². The number of rotatable bonds is 3. The van der Waals surface area contributed by atoms with Crippen molar-refractivity contribution in [3.05, 3.63) is 35.8 Å². The molecule has 3 nitrogen and oxygen atoms in total. The summed E-state index contributed by atoms with van der Waals surface area (Å²) >= 11 is 0. The topological polar surface area (TPSA) is 36.1 Å². The van der Waals surface area contributed by atoms with Gasteiger partial charge in [-0.15, -0.1) is 0 Å². The number of nitrogens with one attached hydrogen (secondary N) is 1. The van der Waals surface area contributed by atoms with Crippen LogP contribution in [0.25, 0.3) is 10.9 Å². The highest BCUT2D eigenvalue weighted by Crippen LogP contribution is 2.35. The van der Waals surface area contributed by atoms with Gasteiger partial charge in [-0.2, -0.15) is 0 Å². The molecule has 1 aromatic heterocycles. The lowest BCUT2D eigenvalue weighted by molar-refractivity contribution is -0.137. The quantitative estimate of drug-likeness (QED) is 0.889. The van der Waals surface area contributed by atoms with Crippen LogP contribution < -0.4 is 0 Å². The molecule has 0 bridgehead atoms. The highest BCUT2D eigenvalue weighted by Gasteiger charge is 2.35. The maximum absolute atomic E-state index is 13.3. The van der Waals surface area contributed by atoms with Crippen LogP contribution in [0.2, 0.25) is 0 Å². The second-order valence-electron chi connectivity index (χ2n) is 7.35. The van der Waals surface area contributed by atoms with E-state index in [0.29, 0.717) is 18.4 Å². The summed E-state index contributed by atoms with van der Waals surface area (Å²) in [7, 11) is 0. The van der Waals surface area contributed by atoms with Crippen LogP contribution >= 0.6 is 0 Å². The molecular weight excluding hydrogens is 303 g/mol. The van der Waals surface area contributed by atoms with Crippen molar-refractivity contribution < 1.29 is 9.18 Å². The van der Waals surface area contributed by atoms with Crippen LogP contribution in [0.4, 0.5) is 4.39 Å². The number of fused-ring (bicyclic) bond motifs is 2. The van der Waals surface area contributed by atoms with Gasteiger partial charge in [-0.25, -0.2) is 4.39 Å². The molecular formula is C20H25FN2O. The standard InChI is InChI=1S/C20H25FN2O/c21-16-8-9-17-15(13-22-18(17)12-16)7-10-20(24)23-11-3-5-14-4-1-2-6-19(14)23/h8-9,12-14,19,22H,1-7,10-11H2. The molecule has 1 N–H and O–H groups in total. The number of H-pyrrole nitrogens is 1. The van der Waals surface area contributed by atoms with E-state index in [1.54, 1.807) is 6.07 Å². The minimum absolute atomic E-state index is 0.233. The third-order valence-electron chi connectivity index (χ3n) is 5.90. The average Bonchev–Trinajstić information content (AvgIpc) is 3.01. The smallest absolute Gasteiger partial charge is 0.223 e. The van der Waals surface area contributed by atoms with Crippen molar-refractivity contribution in [1.82, 2.24) is 9.88 Å². The Morgan fingerprint density at radius 2 is 2.04 bits per heavy atom. The van der Waals surface area contributed by atoms with Gasteiger partial charge in [-0.1, -0.05) is 12.8 Å². The second-order valence-corrected chi connectivity index (χ2v) is 7.35. The first-order valence-corrected chi connectivity index (χ1v) is 9.27. The normalized spacial score (nSPS) is 24.1. The van der Waals surface area contributed by atoms with Crippen molar-refractivity contribution in [1.29, 1.82) is 0 Å². The molecule has 1 aliphatic carbocycles. The Bertz CT molecular complexity index is 736. The molecule has 4 heteroatoms. The molecule has 24 heavy (non-hydrogen) atoms.